The molecule has 1 aliphatic rings. The number of nitriles is 2. The fourth-order valence-corrected chi connectivity index (χ4v) is 2.62. The van der Waals surface area contributed by atoms with Crippen molar-refractivity contribution in [3.8, 4) is 35.1 Å². The average Bonchev–Trinajstić information content (AvgIpc) is 2.57. The second-order valence-electron chi connectivity index (χ2n) is 4.89. The Kier molecular flexibility index (Phi) is 3.49. The highest BCUT2D eigenvalue weighted by Gasteiger charge is 2.38. The molecule has 1 aliphatic heterocycles. The van der Waals surface area contributed by atoms with Crippen LogP contribution in [0.3, 0.4) is 0 Å². The van der Waals surface area contributed by atoms with E-state index in [2.05, 4.69) is 0 Å². The van der Waals surface area contributed by atoms with Crippen LogP contribution in [0.15, 0.2) is 24.4 Å². The maximum absolute atomic E-state index is 12.6. The summed E-state index contributed by atoms with van der Waals surface area (Å²) in [5.41, 5.74) is -0.125. The minimum atomic E-state index is -0.662. The Balaban J connectivity index is 2.38. The van der Waals surface area contributed by atoms with Gasteiger partial charge in [0, 0.05) is 19.2 Å². The first-order valence-electron chi connectivity index (χ1n) is 6.70. The third-order valence-electron chi connectivity index (χ3n) is 3.62. The summed E-state index contributed by atoms with van der Waals surface area (Å²) in [5.74, 6) is -1.29. The van der Waals surface area contributed by atoms with Gasteiger partial charge in [-0.05, 0) is 11.8 Å². The molecule has 2 aromatic rings. The van der Waals surface area contributed by atoms with Gasteiger partial charge in [0.15, 0.2) is 11.9 Å². The summed E-state index contributed by atoms with van der Waals surface area (Å²) >= 11 is 0. The number of nitrogens with zero attached hydrogens (tertiary/aromatic N) is 3. The first-order valence-corrected chi connectivity index (χ1v) is 6.70. The van der Waals surface area contributed by atoms with Crippen LogP contribution in [0, 0.1) is 22.7 Å². The number of phenolic OH excluding ortho intramolecular Hbond substituents is 1. The van der Waals surface area contributed by atoms with Crippen molar-refractivity contribution in [1.29, 1.82) is 10.5 Å². The molecule has 1 aromatic heterocycles. The molecule has 7 nitrogen and oxygen atoms in total. The number of hydrogen-bond acceptors (Lipinski definition) is 6. The summed E-state index contributed by atoms with van der Waals surface area (Å²) in [4.78, 5) is 0. The highest BCUT2D eigenvalue weighted by atomic mass is 16.5. The van der Waals surface area contributed by atoms with Crippen molar-refractivity contribution in [3.05, 3.63) is 41.2 Å². The van der Waals surface area contributed by atoms with E-state index in [1.54, 1.807) is 41.1 Å². The Labute approximate surface area is 131 Å². The van der Waals surface area contributed by atoms with Crippen molar-refractivity contribution in [2.24, 2.45) is 0 Å². The molecule has 0 spiro atoms. The SMILES string of the molecule is COCC1Oc2c(O)c(C#N)c(C#N)c([O-])c2-[n+]2ccccc21. The van der Waals surface area contributed by atoms with E-state index in [0.717, 1.165) is 0 Å². The molecular weight excluding hydrogens is 298 g/mol. The Hall–Kier alpha value is -3.29. The van der Waals surface area contributed by atoms with Gasteiger partial charge in [0.1, 0.15) is 17.7 Å². The molecule has 0 saturated carbocycles. The lowest BCUT2D eigenvalue weighted by atomic mass is 10.0. The van der Waals surface area contributed by atoms with Crippen molar-refractivity contribution in [1.82, 2.24) is 0 Å². The van der Waals surface area contributed by atoms with E-state index in [1.165, 1.54) is 7.11 Å². The molecule has 0 aliphatic carbocycles. The lowest BCUT2D eigenvalue weighted by Crippen LogP contribution is -2.44. The van der Waals surface area contributed by atoms with E-state index in [9.17, 15) is 10.2 Å². The maximum atomic E-state index is 12.6. The van der Waals surface area contributed by atoms with E-state index in [-0.39, 0.29) is 23.6 Å². The topological polar surface area (TPSA) is 113 Å². The lowest BCUT2D eigenvalue weighted by molar-refractivity contribution is -0.618. The summed E-state index contributed by atoms with van der Waals surface area (Å²) < 4.78 is 12.4. The first-order chi connectivity index (χ1) is 11.1. The van der Waals surface area contributed by atoms with E-state index >= 15 is 0 Å². The summed E-state index contributed by atoms with van der Waals surface area (Å²) in [7, 11) is 1.50. The third-order valence-corrected chi connectivity index (χ3v) is 3.62. The molecule has 0 radical (unpaired) electrons. The Morgan fingerprint density at radius 2 is 2.09 bits per heavy atom. The summed E-state index contributed by atoms with van der Waals surface area (Å²) in [5, 5.41) is 41.2. The molecule has 1 aromatic carbocycles. The van der Waals surface area contributed by atoms with Gasteiger partial charge in [-0.3, -0.25) is 0 Å². The molecule has 114 valence electrons. The number of aromatic nitrogens is 1. The fraction of sp³-hybridized carbons (Fsp3) is 0.188. The van der Waals surface area contributed by atoms with E-state index in [1.807, 2.05) is 0 Å². The predicted molar refractivity (Wildman–Crippen MR) is 73.8 cm³/mol. The smallest absolute Gasteiger partial charge is 0.250 e. The quantitative estimate of drug-likeness (QED) is 0.811. The van der Waals surface area contributed by atoms with Crippen LogP contribution < -0.4 is 14.4 Å². The molecular formula is C16H11N3O4. The summed E-state index contributed by atoms with van der Waals surface area (Å²) in [6, 6.07) is 8.62. The van der Waals surface area contributed by atoms with Gasteiger partial charge >= 0.3 is 0 Å². The number of ether oxygens (including phenoxy) is 2. The first kappa shape index (κ1) is 14.6. The minimum Gasteiger partial charge on any atom is -0.867 e. The van der Waals surface area contributed by atoms with Gasteiger partial charge < -0.3 is 19.7 Å². The van der Waals surface area contributed by atoms with Gasteiger partial charge in [-0.1, -0.05) is 0 Å². The molecule has 1 unspecified atom stereocenters. The molecule has 7 heteroatoms. The molecule has 23 heavy (non-hydrogen) atoms. The van der Waals surface area contributed by atoms with Crippen LogP contribution >= 0.6 is 0 Å². The standard InChI is InChI=1S/C16H11N3O4/c1-22-8-12-11-4-2-3-5-19(11)13-14(20)9(6-17)10(7-18)15(21)16(13)23-12/h2-5,12H,8H2,1H3,(H-,20,21). The second-order valence-corrected chi connectivity index (χ2v) is 4.89. The molecule has 2 heterocycles. The number of pyridine rings is 1. The van der Waals surface area contributed by atoms with Crippen molar-refractivity contribution < 1.29 is 24.3 Å². The number of benzene rings is 1. The van der Waals surface area contributed by atoms with Gasteiger partial charge in [-0.15, -0.1) is 0 Å². The van der Waals surface area contributed by atoms with Crippen molar-refractivity contribution in [2.75, 3.05) is 13.7 Å². The van der Waals surface area contributed by atoms with Crippen LogP contribution in [-0.4, -0.2) is 18.8 Å². The monoisotopic (exact) mass is 309 g/mol. The minimum absolute atomic E-state index is 0.0148. The van der Waals surface area contributed by atoms with E-state index in [0.29, 0.717) is 5.69 Å². The average molecular weight is 309 g/mol. The Morgan fingerprint density at radius 3 is 2.74 bits per heavy atom. The highest BCUT2D eigenvalue weighted by Crippen LogP contribution is 2.45. The highest BCUT2D eigenvalue weighted by molar-refractivity contribution is 5.72. The van der Waals surface area contributed by atoms with Crippen LogP contribution in [0.25, 0.3) is 5.69 Å². The summed E-state index contributed by atoms with van der Waals surface area (Å²) in [6.07, 6.45) is 1.08. The zero-order valence-corrected chi connectivity index (χ0v) is 12.1. The van der Waals surface area contributed by atoms with Crippen LogP contribution in [0.2, 0.25) is 0 Å². The van der Waals surface area contributed by atoms with Crippen molar-refractivity contribution in [3.63, 3.8) is 0 Å². The fourth-order valence-electron chi connectivity index (χ4n) is 2.62. The van der Waals surface area contributed by atoms with Crippen molar-refractivity contribution >= 4 is 0 Å². The van der Waals surface area contributed by atoms with Crippen LogP contribution in [-0.2, 0) is 4.74 Å². The lowest BCUT2D eigenvalue weighted by Gasteiger charge is -2.26. The zero-order valence-electron chi connectivity index (χ0n) is 12.1. The van der Waals surface area contributed by atoms with Crippen LogP contribution in [0.4, 0.5) is 0 Å². The Morgan fingerprint density at radius 1 is 1.35 bits per heavy atom. The molecule has 0 fully saturated rings. The number of aromatic hydroxyl groups is 1. The van der Waals surface area contributed by atoms with Crippen LogP contribution in [0.5, 0.6) is 17.2 Å². The summed E-state index contributed by atoms with van der Waals surface area (Å²) in [6.45, 7) is 0.193. The third kappa shape index (κ3) is 2.03. The number of phenols is 1. The number of rotatable bonds is 2. The van der Waals surface area contributed by atoms with E-state index < -0.39 is 23.2 Å². The molecule has 3 rings (SSSR count). The van der Waals surface area contributed by atoms with Crippen LogP contribution in [0.1, 0.15) is 22.9 Å². The van der Waals surface area contributed by atoms with Gasteiger partial charge in [-0.25, -0.2) is 0 Å². The van der Waals surface area contributed by atoms with E-state index in [4.69, 9.17) is 20.0 Å². The molecule has 0 bridgehead atoms. The molecule has 1 N–H and O–H groups in total. The van der Waals surface area contributed by atoms with Gasteiger partial charge in [0.2, 0.25) is 17.5 Å². The predicted octanol–water partition coefficient (Wildman–Crippen LogP) is 0.566. The van der Waals surface area contributed by atoms with Gasteiger partial charge in [-0.2, -0.15) is 15.1 Å². The molecule has 1 atom stereocenters. The maximum Gasteiger partial charge on any atom is 0.250 e. The number of fused-ring (bicyclic) bond motifs is 3. The Bertz CT molecular complexity index is 880. The largest absolute Gasteiger partial charge is 0.867 e. The normalized spacial score (nSPS) is 14.8. The number of hydrogen-bond donors (Lipinski definition) is 1. The number of methoxy groups -OCH3 is 1. The molecule has 0 saturated heterocycles. The van der Waals surface area contributed by atoms with Crippen molar-refractivity contribution in [2.45, 2.75) is 6.10 Å². The molecule has 0 amide bonds. The zero-order chi connectivity index (χ0) is 16.6. The second kappa shape index (κ2) is 5.48. The van der Waals surface area contributed by atoms with Gasteiger partial charge in [0.25, 0.3) is 5.69 Å². The van der Waals surface area contributed by atoms with Gasteiger partial charge in [0.05, 0.1) is 12.2 Å².